The van der Waals surface area contributed by atoms with Gasteiger partial charge in [-0.2, -0.15) is 0 Å². The lowest BCUT2D eigenvalue weighted by atomic mass is 10.0. The fourth-order valence-corrected chi connectivity index (χ4v) is 3.79. The first-order chi connectivity index (χ1) is 16.3. The Kier molecular flexibility index (Phi) is 8.38. The number of hydrogen-bond donors (Lipinski definition) is 1. The molecule has 3 aromatic carbocycles. The molecular weight excluding hydrogens is 433 g/mol. The monoisotopic (exact) mass is 463 g/mol. The van der Waals surface area contributed by atoms with Crippen molar-refractivity contribution in [1.29, 1.82) is 0 Å². The van der Waals surface area contributed by atoms with Crippen LogP contribution < -0.4 is 10.2 Å². The van der Waals surface area contributed by atoms with Crippen LogP contribution in [0.4, 0.5) is 15.8 Å². The quantitative estimate of drug-likeness (QED) is 0.491. The Bertz CT molecular complexity index is 1120. The van der Waals surface area contributed by atoms with Crippen LogP contribution in [0.2, 0.25) is 0 Å². The molecule has 0 fully saturated rings. The number of amides is 2. The summed E-state index contributed by atoms with van der Waals surface area (Å²) in [5.74, 6) is -0.869. The Morgan fingerprint density at radius 2 is 1.68 bits per heavy atom. The summed E-state index contributed by atoms with van der Waals surface area (Å²) in [5, 5.41) is 2.82. The molecule has 3 rings (SSSR count). The molecule has 0 saturated carbocycles. The zero-order valence-electron chi connectivity index (χ0n) is 19.9. The van der Waals surface area contributed by atoms with Crippen molar-refractivity contribution >= 4 is 23.2 Å². The minimum Gasteiger partial charge on any atom is -0.377 e. The molecule has 3 aromatic rings. The molecule has 34 heavy (non-hydrogen) atoms. The van der Waals surface area contributed by atoms with Gasteiger partial charge in [-0.3, -0.25) is 9.59 Å². The molecule has 1 N–H and O–H groups in total. The van der Waals surface area contributed by atoms with E-state index in [-0.39, 0.29) is 31.0 Å². The first kappa shape index (κ1) is 24.9. The van der Waals surface area contributed by atoms with Gasteiger partial charge in [-0.1, -0.05) is 30.3 Å². The molecule has 0 aliphatic rings. The van der Waals surface area contributed by atoms with Gasteiger partial charge in [-0.15, -0.1) is 0 Å². The van der Waals surface area contributed by atoms with Crippen molar-refractivity contribution in [2.45, 2.75) is 19.5 Å². The third-order valence-electron chi connectivity index (χ3n) is 5.56. The number of rotatable bonds is 9. The predicted octanol–water partition coefficient (Wildman–Crippen LogP) is 4.88. The van der Waals surface area contributed by atoms with Crippen molar-refractivity contribution in [1.82, 2.24) is 4.90 Å². The maximum atomic E-state index is 13.6. The van der Waals surface area contributed by atoms with Crippen LogP contribution in [0.25, 0.3) is 0 Å². The number of benzene rings is 3. The van der Waals surface area contributed by atoms with E-state index in [0.29, 0.717) is 11.3 Å². The van der Waals surface area contributed by atoms with Crippen LogP contribution in [0, 0.1) is 5.82 Å². The van der Waals surface area contributed by atoms with Gasteiger partial charge in [-0.25, -0.2) is 4.39 Å². The van der Waals surface area contributed by atoms with E-state index in [4.69, 9.17) is 4.74 Å². The van der Waals surface area contributed by atoms with Crippen LogP contribution in [0.3, 0.4) is 0 Å². The van der Waals surface area contributed by atoms with E-state index in [1.54, 1.807) is 4.90 Å². The Morgan fingerprint density at radius 1 is 1.00 bits per heavy atom. The smallest absolute Gasteiger partial charge is 0.254 e. The van der Waals surface area contributed by atoms with Gasteiger partial charge in [-0.05, 0) is 60.5 Å². The lowest BCUT2D eigenvalue weighted by Gasteiger charge is -2.31. The topological polar surface area (TPSA) is 61.9 Å². The summed E-state index contributed by atoms with van der Waals surface area (Å²) in [4.78, 5) is 29.4. The summed E-state index contributed by atoms with van der Waals surface area (Å²) in [6.45, 7) is 2.20. The molecule has 178 valence electrons. The van der Waals surface area contributed by atoms with Crippen LogP contribution in [-0.4, -0.2) is 44.5 Å². The highest BCUT2D eigenvalue weighted by Crippen LogP contribution is 2.30. The first-order valence-corrected chi connectivity index (χ1v) is 11.0. The second-order valence-corrected chi connectivity index (χ2v) is 8.25. The van der Waals surface area contributed by atoms with E-state index >= 15 is 0 Å². The Balaban J connectivity index is 2.01. The lowest BCUT2D eigenvalue weighted by Crippen LogP contribution is -2.34. The van der Waals surface area contributed by atoms with Crippen LogP contribution in [0.15, 0.2) is 72.8 Å². The fourth-order valence-electron chi connectivity index (χ4n) is 3.79. The van der Waals surface area contributed by atoms with Gasteiger partial charge in [0.1, 0.15) is 12.4 Å². The van der Waals surface area contributed by atoms with Crippen molar-refractivity contribution in [3.63, 3.8) is 0 Å². The Morgan fingerprint density at radius 3 is 2.29 bits per heavy atom. The molecule has 0 aromatic heterocycles. The minimum absolute atomic E-state index is 0.0506. The average molecular weight is 464 g/mol. The van der Waals surface area contributed by atoms with Gasteiger partial charge in [0.05, 0.1) is 6.04 Å². The molecular formula is C27H30FN3O3. The predicted molar refractivity (Wildman–Crippen MR) is 132 cm³/mol. The maximum Gasteiger partial charge on any atom is 0.254 e. The Hall–Kier alpha value is -3.71. The minimum atomic E-state index is -0.395. The number of anilines is 2. The van der Waals surface area contributed by atoms with Gasteiger partial charge in [0.15, 0.2) is 0 Å². The van der Waals surface area contributed by atoms with Gasteiger partial charge < -0.3 is 19.9 Å². The van der Waals surface area contributed by atoms with Gasteiger partial charge >= 0.3 is 0 Å². The lowest BCUT2D eigenvalue weighted by molar-refractivity contribution is -0.119. The third-order valence-corrected chi connectivity index (χ3v) is 5.56. The highest BCUT2D eigenvalue weighted by Gasteiger charge is 2.25. The zero-order chi connectivity index (χ0) is 24.7. The summed E-state index contributed by atoms with van der Waals surface area (Å²) in [6.07, 6.45) is 0. The van der Waals surface area contributed by atoms with Gasteiger partial charge in [0.25, 0.3) is 5.91 Å². The summed E-state index contributed by atoms with van der Waals surface area (Å²) < 4.78 is 18.4. The van der Waals surface area contributed by atoms with E-state index in [1.807, 2.05) is 74.4 Å². The van der Waals surface area contributed by atoms with Crippen molar-refractivity contribution in [3.8, 4) is 0 Å². The van der Waals surface area contributed by atoms with E-state index in [9.17, 15) is 14.0 Å². The van der Waals surface area contributed by atoms with E-state index < -0.39 is 5.82 Å². The number of carbonyl (C=O) groups is 2. The molecule has 1 unspecified atom stereocenters. The molecule has 7 heteroatoms. The fraction of sp³-hybridized carbons (Fsp3) is 0.259. The van der Waals surface area contributed by atoms with E-state index in [2.05, 4.69) is 5.32 Å². The molecule has 0 heterocycles. The van der Waals surface area contributed by atoms with Gasteiger partial charge in [0, 0.05) is 44.7 Å². The molecule has 0 aliphatic heterocycles. The Labute approximate surface area is 200 Å². The number of hydrogen-bond acceptors (Lipinski definition) is 4. The average Bonchev–Trinajstić information content (AvgIpc) is 2.83. The first-order valence-electron chi connectivity index (χ1n) is 11.0. The normalized spacial score (nSPS) is 11.6. The number of halogens is 1. The SMILES string of the molecule is COCC(=O)Nc1ccc(N(C)C)c(CN(C(=O)c2ccc(F)cc2)C(C)c2ccccc2)c1. The molecule has 6 nitrogen and oxygen atoms in total. The van der Waals surface area contributed by atoms with Crippen molar-refractivity contribution in [2.24, 2.45) is 0 Å². The summed E-state index contributed by atoms with van der Waals surface area (Å²) in [7, 11) is 5.31. The highest BCUT2D eigenvalue weighted by atomic mass is 19.1. The molecule has 0 aliphatic carbocycles. The van der Waals surface area contributed by atoms with Crippen LogP contribution >= 0.6 is 0 Å². The summed E-state index contributed by atoms with van der Waals surface area (Å²) >= 11 is 0. The van der Waals surface area contributed by atoms with E-state index in [0.717, 1.165) is 16.8 Å². The largest absolute Gasteiger partial charge is 0.377 e. The molecule has 1 atom stereocenters. The summed E-state index contributed by atoms with van der Waals surface area (Å²) in [6, 6.07) is 20.7. The highest BCUT2D eigenvalue weighted by molar-refractivity contribution is 5.95. The number of carbonyl (C=O) groups excluding carboxylic acids is 2. The number of nitrogens with zero attached hydrogens (tertiary/aromatic N) is 2. The summed E-state index contributed by atoms with van der Waals surface area (Å²) in [5.41, 5.74) is 3.78. The third kappa shape index (κ3) is 6.20. The van der Waals surface area contributed by atoms with Gasteiger partial charge in [0.2, 0.25) is 5.91 Å². The van der Waals surface area contributed by atoms with Crippen LogP contribution in [0.1, 0.15) is 34.5 Å². The number of methoxy groups -OCH3 is 1. The molecule has 0 bridgehead atoms. The molecule has 0 spiro atoms. The maximum absolute atomic E-state index is 13.6. The molecule has 2 amide bonds. The number of nitrogens with one attached hydrogen (secondary N) is 1. The second kappa shape index (κ2) is 11.4. The van der Waals surface area contributed by atoms with E-state index in [1.165, 1.54) is 31.4 Å². The standard InChI is InChI=1S/C27H30FN3O3/c1-19(20-8-6-5-7-9-20)31(27(33)21-10-12-23(28)13-11-21)17-22-16-24(29-26(32)18-34-4)14-15-25(22)30(2)3/h5-16,19H,17-18H2,1-4H3,(H,29,32). The van der Waals surface area contributed by atoms with Crippen LogP contribution in [0.5, 0.6) is 0 Å². The zero-order valence-corrected chi connectivity index (χ0v) is 19.9. The van der Waals surface area contributed by atoms with Crippen molar-refractivity contribution < 1.29 is 18.7 Å². The number of ether oxygens (including phenoxy) is 1. The second-order valence-electron chi connectivity index (χ2n) is 8.25. The van der Waals surface area contributed by atoms with Crippen molar-refractivity contribution in [2.75, 3.05) is 38.0 Å². The molecule has 0 radical (unpaired) electrons. The van der Waals surface area contributed by atoms with Crippen LogP contribution in [-0.2, 0) is 16.1 Å². The molecule has 0 saturated heterocycles. The van der Waals surface area contributed by atoms with Crippen molar-refractivity contribution in [3.05, 3.63) is 95.3 Å².